The van der Waals surface area contributed by atoms with Crippen LogP contribution in [0.4, 0.5) is 11.4 Å². The Kier molecular flexibility index (Phi) is 4.89. The summed E-state index contributed by atoms with van der Waals surface area (Å²) in [4.78, 5) is 13.4. The van der Waals surface area contributed by atoms with Crippen molar-refractivity contribution in [1.82, 2.24) is 0 Å². The number of hydrogen-bond donors (Lipinski definition) is 2. The third-order valence-corrected chi connectivity index (χ3v) is 4.44. The summed E-state index contributed by atoms with van der Waals surface area (Å²) >= 11 is 0. The lowest BCUT2D eigenvalue weighted by Crippen LogP contribution is -2.34. The van der Waals surface area contributed by atoms with E-state index in [0.29, 0.717) is 6.54 Å². The van der Waals surface area contributed by atoms with Crippen molar-refractivity contribution in [3.05, 3.63) is 72.3 Å². The highest BCUT2D eigenvalue weighted by atomic mass is 16.4. The van der Waals surface area contributed by atoms with E-state index in [9.17, 15) is 9.90 Å². The number of nitrogen functional groups attached to an aromatic ring is 1. The Morgan fingerprint density at radius 2 is 1.64 bits per heavy atom. The molecule has 0 unspecified atom stereocenters. The second kappa shape index (κ2) is 7.26. The third kappa shape index (κ3) is 3.74. The van der Waals surface area contributed by atoms with Crippen LogP contribution in [-0.4, -0.2) is 17.1 Å². The van der Waals surface area contributed by atoms with Crippen molar-refractivity contribution < 1.29 is 9.90 Å². The van der Waals surface area contributed by atoms with Gasteiger partial charge in [0.15, 0.2) is 0 Å². The average Bonchev–Trinajstić information content (AvgIpc) is 2.61. The molecule has 0 bridgehead atoms. The quantitative estimate of drug-likeness (QED) is 0.660. The zero-order valence-electron chi connectivity index (χ0n) is 14.2. The molecule has 128 valence electrons. The van der Waals surface area contributed by atoms with Crippen LogP contribution in [0.3, 0.4) is 0 Å². The van der Waals surface area contributed by atoms with Gasteiger partial charge in [0.1, 0.15) is 0 Å². The monoisotopic (exact) mass is 334 g/mol. The van der Waals surface area contributed by atoms with Gasteiger partial charge in [-0.05, 0) is 24.6 Å². The van der Waals surface area contributed by atoms with E-state index in [1.54, 1.807) is 0 Å². The summed E-state index contributed by atoms with van der Waals surface area (Å²) < 4.78 is 0. The van der Waals surface area contributed by atoms with Crippen LogP contribution in [0, 0.1) is 0 Å². The van der Waals surface area contributed by atoms with Crippen LogP contribution in [0.2, 0.25) is 0 Å². The Hall–Kier alpha value is -3.01. The number of carboxylic acid groups (broad SMARTS) is 1. The van der Waals surface area contributed by atoms with E-state index in [4.69, 9.17) is 5.73 Å². The SMILES string of the molecule is C[C@@H](CC(=O)O)N(Cc1ccccc1)c1ccc(N)c2ccccc12. The molecule has 4 heteroatoms. The molecule has 0 spiro atoms. The minimum atomic E-state index is -0.801. The van der Waals surface area contributed by atoms with Gasteiger partial charge in [0.25, 0.3) is 0 Å². The van der Waals surface area contributed by atoms with Gasteiger partial charge >= 0.3 is 5.97 Å². The normalized spacial score (nSPS) is 12.0. The Morgan fingerprint density at radius 1 is 1.00 bits per heavy atom. The number of rotatable bonds is 6. The van der Waals surface area contributed by atoms with Crippen LogP contribution < -0.4 is 10.6 Å². The summed E-state index contributed by atoms with van der Waals surface area (Å²) in [6.07, 6.45) is 0.0749. The number of benzene rings is 3. The molecule has 3 rings (SSSR count). The largest absolute Gasteiger partial charge is 0.481 e. The summed E-state index contributed by atoms with van der Waals surface area (Å²) in [7, 11) is 0. The van der Waals surface area contributed by atoms with E-state index in [-0.39, 0.29) is 12.5 Å². The number of nitrogens with zero attached hydrogens (tertiary/aromatic N) is 1. The molecular weight excluding hydrogens is 312 g/mol. The predicted molar refractivity (Wildman–Crippen MR) is 103 cm³/mol. The van der Waals surface area contributed by atoms with E-state index in [1.165, 1.54) is 0 Å². The standard InChI is InChI=1S/C21H22N2O2/c1-15(13-21(24)25)23(14-16-7-3-2-4-8-16)20-12-11-19(22)17-9-5-6-10-18(17)20/h2-12,15H,13-14,22H2,1H3,(H,24,25)/t15-/m0/s1. The van der Waals surface area contributed by atoms with Crippen LogP contribution in [0.5, 0.6) is 0 Å². The number of fused-ring (bicyclic) bond motifs is 1. The van der Waals surface area contributed by atoms with Crippen LogP contribution in [0.25, 0.3) is 10.8 Å². The molecule has 0 heterocycles. The number of nitrogens with two attached hydrogens (primary N) is 1. The van der Waals surface area contributed by atoms with Gasteiger partial charge in [-0.3, -0.25) is 4.79 Å². The molecule has 3 aromatic carbocycles. The van der Waals surface area contributed by atoms with Crippen molar-refractivity contribution in [3.8, 4) is 0 Å². The van der Waals surface area contributed by atoms with E-state index in [0.717, 1.165) is 27.7 Å². The lowest BCUT2D eigenvalue weighted by Gasteiger charge is -2.32. The van der Waals surface area contributed by atoms with Crippen LogP contribution in [0.15, 0.2) is 66.7 Å². The minimum absolute atomic E-state index is 0.0749. The fraction of sp³-hybridized carbons (Fsp3) is 0.190. The topological polar surface area (TPSA) is 66.6 Å². The highest BCUT2D eigenvalue weighted by Gasteiger charge is 2.20. The van der Waals surface area contributed by atoms with Crippen molar-refractivity contribution in [1.29, 1.82) is 0 Å². The molecule has 4 nitrogen and oxygen atoms in total. The summed E-state index contributed by atoms with van der Waals surface area (Å²) in [5, 5.41) is 11.3. The summed E-state index contributed by atoms with van der Waals surface area (Å²) in [6.45, 7) is 2.59. The smallest absolute Gasteiger partial charge is 0.305 e. The van der Waals surface area contributed by atoms with Crippen molar-refractivity contribution >= 4 is 28.1 Å². The summed E-state index contributed by atoms with van der Waals surface area (Å²) in [6, 6.07) is 21.8. The fourth-order valence-electron chi connectivity index (χ4n) is 3.18. The van der Waals surface area contributed by atoms with E-state index >= 15 is 0 Å². The van der Waals surface area contributed by atoms with Gasteiger partial charge in [-0.2, -0.15) is 0 Å². The third-order valence-electron chi connectivity index (χ3n) is 4.44. The van der Waals surface area contributed by atoms with Crippen molar-refractivity contribution in [2.45, 2.75) is 25.9 Å². The van der Waals surface area contributed by atoms with E-state index in [1.807, 2.05) is 61.5 Å². The number of carbonyl (C=O) groups is 1. The number of anilines is 2. The molecule has 0 fully saturated rings. The van der Waals surface area contributed by atoms with Gasteiger partial charge < -0.3 is 15.7 Å². The minimum Gasteiger partial charge on any atom is -0.481 e. The molecule has 0 saturated carbocycles. The molecule has 0 aliphatic rings. The molecule has 0 radical (unpaired) electrons. The molecule has 0 aliphatic carbocycles. The molecule has 1 atom stereocenters. The highest BCUT2D eigenvalue weighted by molar-refractivity contribution is 6.01. The second-order valence-corrected chi connectivity index (χ2v) is 6.28. The van der Waals surface area contributed by atoms with E-state index in [2.05, 4.69) is 17.0 Å². The number of aliphatic carboxylic acids is 1. The average molecular weight is 334 g/mol. The Bertz CT molecular complexity index is 877. The predicted octanol–water partition coefficient (Wildman–Crippen LogP) is 4.29. The van der Waals surface area contributed by atoms with Gasteiger partial charge in [0.2, 0.25) is 0 Å². The lowest BCUT2D eigenvalue weighted by molar-refractivity contribution is -0.137. The van der Waals surface area contributed by atoms with Gasteiger partial charge in [0, 0.05) is 34.7 Å². The highest BCUT2D eigenvalue weighted by Crippen LogP contribution is 2.33. The Labute approximate surface area is 147 Å². The molecule has 0 aromatic heterocycles. The maximum absolute atomic E-state index is 11.3. The molecular formula is C21H22N2O2. The molecule has 0 amide bonds. The maximum atomic E-state index is 11.3. The Morgan fingerprint density at radius 3 is 2.32 bits per heavy atom. The first-order valence-electron chi connectivity index (χ1n) is 8.36. The van der Waals surface area contributed by atoms with Crippen molar-refractivity contribution in [2.75, 3.05) is 10.6 Å². The maximum Gasteiger partial charge on any atom is 0.305 e. The second-order valence-electron chi connectivity index (χ2n) is 6.28. The Balaban J connectivity index is 2.08. The lowest BCUT2D eigenvalue weighted by atomic mass is 10.0. The van der Waals surface area contributed by atoms with Gasteiger partial charge in [-0.25, -0.2) is 0 Å². The first kappa shape index (κ1) is 16.8. The van der Waals surface area contributed by atoms with Gasteiger partial charge in [-0.15, -0.1) is 0 Å². The van der Waals surface area contributed by atoms with Crippen molar-refractivity contribution in [3.63, 3.8) is 0 Å². The molecule has 0 aliphatic heterocycles. The molecule has 3 N–H and O–H groups in total. The fourth-order valence-corrected chi connectivity index (χ4v) is 3.18. The van der Waals surface area contributed by atoms with Gasteiger partial charge in [-0.1, -0.05) is 54.6 Å². The number of carboxylic acids is 1. The van der Waals surface area contributed by atoms with Gasteiger partial charge in [0.05, 0.1) is 6.42 Å². The number of hydrogen-bond acceptors (Lipinski definition) is 3. The first-order chi connectivity index (χ1) is 12.1. The molecule has 3 aromatic rings. The first-order valence-corrected chi connectivity index (χ1v) is 8.36. The zero-order valence-corrected chi connectivity index (χ0v) is 14.2. The molecule has 25 heavy (non-hydrogen) atoms. The van der Waals surface area contributed by atoms with Crippen LogP contribution >= 0.6 is 0 Å². The zero-order chi connectivity index (χ0) is 17.8. The van der Waals surface area contributed by atoms with Crippen LogP contribution in [0.1, 0.15) is 18.9 Å². The van der Waals surface area contributed by atoms with Crippen molar-refractivity contribution in [2.24, 2.45) is 0 Å². The van der Waals surface area contributed by atoms with E-state index < -0.39 is 5.97 Å². The van der Waals surface area contributed by atoms with Crippen LogP contribution in [-0.2, 0) is 11.3 Å². The summed E-state index contributed by atoms with van der Waals surface area (Å²) in [5.74, 6) is -0.801. The summed E-state index contributed by atoms with van der Waals surface area (Å²) in [5.41, 5.74) is 8.99. The molecule has 0 saturated heterocycles.